The molecule has 1 aliphatic heterocycles. The van der Waals surface area contributed by atoms with Gasteiger partial charge in [-0.25, -0.2) is 0 Å². The van der Waals surface area contributed by atoms with Gasteiger partial charge in [-0.2, -0.15) is 13.2 Å². The van der Waals surface area contributed by atoms with Crippen molar-refractivity contribution in [2.75, 3.05) is 13.1 Å². The van der Waals surface area contributed by atoms with Gasteiger partial charge in [0.25, 0.3) is 5.91 Å². The van der Waals surface area contributed by atoms with Gasteiger partial charge in [0.15, 0.2) is 0 Å². The predicted molar refractivity (Wildman–Crippen MR) is 81.7 cm³/mol. The SMILES string of the molecule is CC1(NC(=O)c2ccc(C(F)(F)F)nc2)CCNCC1.Cl.Cl. The highest BCUT2D eigenvalue weighted by atomic mass is 35.5. The lowest BCUT2D eigenvalue weighted by atomic mass is 9.90. The molecular formula is C13H18Cl2F3N3O. The Hall–Kier alpha value is -1.05. The third-order valence-electron chi connectivity index (χ3n) is 3.44. The first kappa shape index (κ1) is 20.9. The number of rotatable bonds is 2. The maximum atomic E-state index is 12.4. The van der Waals surface area contributed by atoms with Crippen molar-refractivity contribution in [2.24, 2.45) is 0 Å². The topological polar surface area (TPSA) is 54.0 Å². The van der Waals surface area contributed by atoms with Crippen molar-refractivity contribution < 1.29 is 18.0 Å². The minimum atomic E-state index is -4.49. The number of carbonyl (C=O) groups is 1. The number of hydrogen-bond donors (Lipinski definition) is 2. The predicted octanol–water partition coefficient (Wildman–Crippen LogP) is 2.82. The number of hydrogen-bond acceptors (Lipinski definition) is 3. The minimum absolute atomic E-state index is 0. The highest BCUT2D eigenvalue weighted by Crippen LogP contribution is 2.27. The number of pyridine rings is 1. The third kappa shape index (κ3) is 5.30. The molecule has 0 spiro atoms. The molecule has 4 nitrogen and oxygen atoms in total. The van der Waals surface area contributed by atoms with Crippen LogP contribution in [0, 0.1) is 0 Å². The van der Waals surface area contributed by atoms with E-state index in [9.17, 15) is 18.0 Å². The largest absolute Gasteiger partial charge is 0.433 e. The van der Waals surface area contributed by atoms with Crippen LogP contribution in [0.15, 0.2) is 18.3 Å². The van der Waals surface area contributed by atoms with Crippen molar-refractivity contribution >= 4 is 30.7 Å². The number of alkyl halides is 3. The number of aromatic nitrogens is 1. The zero-order valence-electron chi connectivity index (χ0n) is 11.9. The molecule has 126 valence electrons. The Bertz CT molecular complexity index is 488. The molecule has 1 fully saturated rings. The van der Waals surface area contributed by atoms with Crippen molar-refractivity contribution in [3.05, 3.63) is 29.6 Å². The summed E-state index contributed by atoms with van der Waals surface area (Å²) in [7, 11) is 0. The Kier molecular flexibility index (Phi) is 7.61. The summed E-state index contributed by atoms with van der Waals surface area (Å²) in [6.07, 6.45) is -1.96. The summed E-state index contributed by atoms with van der Waals surface area (Å²) in [5.41, 5.74) is -1.19. The van der Waals surface area contributed by atoms with Gasteiger partial charge in [-0.1, -0.05) is 0 Å². The van der Waals surface area contributed by atoms with Gasteiger partial charge >= 0.3 is 6.18 Å². The average Bonchev–Trinajstić information content (AvgIpc) is 2.38. The molecule has 0 aliphatic carbocycles. The van der Waals surface area contributed by atoms with Crippen LogP contribution in [-0.2, 0) is 6.18 Å². The summed E-state index contributed by atoms with van der Waals surface area (Å²) in [6.45, 7) is 3.55. The van der Waals surface area contributed by atoms with Gasteiger partial charge in [0.2, 0.25) is 0 Å². The molecule has 9 heteroatoms. The van der Waals surface area contributed by atoms with E-state index < -0.39 is 17.8 Å². The second-order valence-corrected chi connectivity index (χ2v) is 5.19. The Morgan fingerprint density at radius 1 is 1.27 bits per heavy atom. The molecule has 2 heterocycles. The van der Waals surface area contributed by atoms with E-state index in [-0.39, 0.29) is 35.9 Å². The van der Waals surface area contributed by atoms with Crippen molar-refractivity contribution in [3.63, 3.8) is 0 Å². The van der Waals surface area contributed by atoms with Gasteiger partial charge in [-0.05, 0) is 45.0 Å². The lowest BCUT2D eigenvalue weighted by Gasteiger charge is -2.35. The monoisotopic (exact) mass is 359 g/mol. The lowest BCUT2D eigenvalue weighted by Crippen LogP contribution is -2.52. The second kappa shape index (κ2) is 7.99. The molecule has 2 rings (SSSR count). The van der Waals surface area contributed by atoms with Crippen LogP contribution >= 0.6 is 24.8 Å². The summed E-state index contributed by atoms with van der Waals surface area (Å²) in [5, 5.41) is 6.06. The first-order valence-corrected chi connectivity index (χ1v) is 6.37. The van der Waals surface area contributed by atoms with E-state index in [2.05, 4.69) is 15.6 Å². The highest BCUT2D eigenvalue weighted by Gasteiger charge is 2.33. The molecule has 0 atom stereocenters. The fourth-order valence-corrected chi connectivity index (χ4v) is 2.15. The normalized spacial score (nSPS) is 16.9. The lowest BCUT2D eigenvalue weighted by molar-refractivity contribution is -0.141. The van der Waals surface area contributed by atoms with Gasteiger partial charge in [0.1, 0.15) is 5.69 Å². The Morgan fingerprint density at radius 3 is 2.32 bits per heavy atom. The molecular weight excluding hydrogens is 342 g/mol. The van der Waals surface area contributed by atoms with Crippen molar-refractivity contribution in [1.29, 1.82) is 0 Å². The number of nitrogens with zero attached hydrogens (tertiary/aromatic N) is 1. The minimum Gasteiger partial charge on any atom is -0.347 e. The van der Waals surface area contributed by atoms with Crippen molar-refractivity contribution in [3.8, 4) is 0 Å². The molecule has 1 amide bonds. The first-order chi connectivity index (χ1) is 9.30. The summed E-state index contributed by atoms with van der Waals surface area (Å²) in [5.74, 6) is -0.393. The van der Waals surface area contributed by atoms with Crippen LogP contribution < -0.4 is 10.6 Å². The summed E-state index contributed by atoms with van der Waals surface area (Å²) in [4.78, 5) is 15.3. The molecule has 2 N–H and O–H groups in total. The number of amides is 1. The molecule has 1 aliphatic rings. The van der Waals surface area contributed by atoms with E-state index in [4.69, 9.17) is 0 Å². The van der Waals surface area contributed by atoms with Crippen LogP contribution in [0.25, 0.3) is 0 Å². The molecule has 1 aromatic heterocycles. The van der Waals surface area contributed by atoms with Crippen LogP contribution in [-0.4, -0.2) is 29.5 Å². The van der Waals surface area contributed by atoms with E-state index in [1.807, 2.05) is 6.92 Å². The zero-order chi connectivity index (χ0) is 14.8. The smallest absolute Gasteiger partial charge is 0.347 e. The van der Waals surface area contributed by atoms with Gasteiger partial charge in [-0.15, -0.1) is 24.8 Å². The molecule has 1 aromatic rings. The standard InChI is InChI=1S/C13H16F3N3O.2ClH/c1-12(4-6-17-7-5-12)19-11(20)9-2-3-10(18-8-9)13(14,15)16;;/h2-3,8,17H,4-7H2,1H3,(H,19,20);2*1H. The molecule has 22 heavy (non-hydrogen) atoms. The fraction of sp³-hybridized carbons (Fsp3) is 0.538. The molecule has 1 saturated heterocycles. The van der Waals surface area contributed by atoms with Gasteiger partial charge in [0.05, 0.1) is 5.56 Å². The maximum absolute atomic E-state index is 12.4. The maximum Gasteiger partial charge on any atom is 0.433 e. The van der Waals surface area contributed by atoms with Crippen LogP contribution in [0.3, 0.4) is 0 Å². The Balaban J connectivity index is 0.00000220. The number of halogens is 5. The van der Waals surface area contributed by atoms with Crippen LogP contribution in [0.1, 0.15) is 35.8 Å². The highest BCUT2D eigenvalue weighted by molar-refractivity contribution is 5.94. The quantitative estimate of drug-likeness (QED) is 0.853. The van der Waals surface area contributed by atoms with Crippen LogP contribution in [0.5, 0.6) is 0 Å². The summed E-state index contributed by atoms with van der Waals surface area (Å²) < 4.78 is 37.2. The summed E-state index contributed by atoms with van der Waals surface area (Å²) in [6, 6.07) is 1.97. The third-order valence-corrected chi connectivity index (χ3v) is 3.44. The van der Waals surface area contributed by atoms with E-state index in [0.717, 1.165) is 44.3 Å². The zero-order valence-corrected chi connectivity index (χ0v) is 13.5. The molecule has 0 unspecified atom stereocenters. The van der Waals surface area contributed by atoms with Crippen molar-refractivity contribution in [2.45, 2.75) is 31.5 Å². The van der Waals surface area contributed by atoms with E-state index in [0.29, 0.717) is 0 Å². The number of piperidine rings is 1. The van der Waals surface area contributed by atoms with Gasteiger partial charge in [-0.3, -0.25) is 9.78 Å². The number of carbonyl (C=O) groups excluding carboxylic acids is 1. The van der Waals surface area contributed by atoms with E-state index in [1.165, 1.54) is 0 Å². The van der Waals surface area contributed by atoms with Gasteiger partial charge < -0.3 is 10.6 Å². The van der Waals surface area contributed by atoms with Gasteiger partial charge in [0, 0.05) is 11.7 Å². The van der Waals surface area contributed by atoms with Crippen molar-refractivity contribution in [1.82, 2.24) is 15.6 Å². The average molecular weight is 360 g/mol. The molecule has 0 saturated carbocycles. The Morgan fingerprint density at radius 2 is 1.86 bits per heavy atom. The van der Waals surface area contributed by atoms with Crippen LogP contribution in [0.4, 0.5) is 13.2 Å². The van der Waals surface area contributed by atoms with Crippen LogP contribution in [0.2, 0.25) is 0 Å². The molecule has 0 radical (unpaired) electrons. The number of nitrogens with one attached hydrogen (secondary N) is 2. The molecule has 0 bridgehead atoms. The van der Waals surface area contributed by atoms with E-state index in [1.54, 1.807) is 0 Å². The second-order valence-electron chi connectivity index (χ2n) is 5.19. The fourth-order valence-electron chi connectivity index (χ4n) is 2.15. The van der Waals surface area contributed by atoms with E-state index >= 15 is 0 Å². The first-order valence-electron chi connectivity index (χ1n) is 6.37. The Labute approximate surface area is 139 Å². The summed E-state index contributed by atoms with van der Waals surface area (Å²) >= 11 is 0. The molecule has 0 aromatic carbocycles.